The van der Waals surface area contributed by atoms with Gasteiger partial charge in [-0.1, -0.05) is 13.3 Å². The highest BCUT2D eigenvalue weighted by Gasteiger charge is 2.14. The zero-order valence-corrected chi connectivity index (χ0v) is 7.03. The lowest BCUT2D eigenvalue weighted by atomic mass is 10.0. The summed E-state index contributed by atoms with van der Waals surface area (Å²) in [5.74, 6) is 0. The van der Waals surface area contributed by atoms with E-state index in [-0.39, 0.29) is 23.0 Å². The molecule has 0 aromatic carbocycles. The molecule has 0 aromatic heterocycles. The Hall–Kier alpha value is 0.492. The van der Waals surface area contributed by atoms with Crippen molar-refractivity contribution < 1.29 is 4.74 Å². The molecule has 0 saturated heterocycles. The SMILES string of the molecule is CCCC(C)(C)OCC.[AlH3]. The molecule has 0 bridgehead atoms. The minimum atomic E-state index is 0. The predicted octanol–water partition coefficient (Wildman–Crippen LogP) is 1.42. The number of rotatable bonds is 4. The van der Waals surface area contributed by atoms with Gasteiger partial charge in [-0.2, -0.15) is 0 Å². The molecular formula is C8H21AlO. The monoisotopic (exact) mass is 160 g/mol. The minimum absolute atomic E-state index is 0. The Morgan fingerprint density at radius 1 is 1.20 bits per heavy atom. The molecule has 0 aliphatic heterocycles. The van der Waals surface area contributed by atoms with E-state index in [2.05, 4.69) is 20.8 Å². The number of hydrogen-bond acceptors (Lipinski definition) is 1. The van der Waals surface area contributed by atoms with E-state index in [4.69, 9.17) is 4.74 Å². The van der Waals surface area contributed by atoms with Crippen molar-refractivity contribution in [3.05, 3.63) is 0 Å². The van der Waals surface area contributed by atoms with E-state index in [1.54, 1.807) is 0 Å². The summed E-state index contributed by atoms with van der Waals surface area (Å²) in [6.45, 7) is 9.32. The van der Waals surface area contributed by atoms with Gasteiger partial charge in [-0.05, 0) is 27.2 Å². The Labute approximate surface area is 75.3 Å². The maximum absolute atomic E-state index is 5.47. The Morgan fingerprint density at radius 2 is 1.70 bits per heavy atom. The molecule has 0 atom stereocenters. The average Bonchev–Trinajstić information content (AvgIpc) is 1.64. The van der Waals surface area contributed by atoms with Crippen LogP contribution in [0.1, 0.15) is 40.5 Å². The van der Waals surface area contributed by atoms with Crippen molar-refractivity contribution in [2.24, 2.45) is 0 Å². The van der Waals surface area contributed by atoms with E-state index in [9.17, 15) is 0 Å². The van der Waals surface area contributed by atoms with Gasteiger partial charge in [0.1, 0.15) is 0 Å². The lowest BCUT2D eigenvalue weighted by Crippen LogP contribution is -2.23. The molecule has 0 aliphatic rings. The highest BCUT2D eigenvalue weighted by molar-refractivity contribution is 5.75. The number of hydrogen-bond donors (Lipinski definition) is 0. The van der Waals surface area contributed by atoms with Gasteiger partial charge < -0.3 is 4.74 Å². The second-order valence-electron chi connectivity index (χ2n) is 2.94. The molecule has 10 heavy (non-hydrogen) atoms. The summed E-state index contributed by atoms with van der Waals surface area (Å²) in [5.41, 5.74) is 0.101. The fourth-order valence-corrected chi connectivity index (χ4v) is 1.06. The van der Waals surface area contributed by atoms with Crippen LogP contribution < -0.4 is 0 Å². The lowest BCUT2D eigenvalue weighted by molar-refractivity contribution is -0.0165. The van der Waals surface area contributed by atoms with Crippen LogP contribution in [-0.2, 0) is 4.74 Å². The summed E-state index contributed by atoms with van der Waals surface area (Å²) < 4.78 is 5.47. The van der Waals surface area contributed by atoms with Gasteiger partial charge in [-0.3, -0.25) is 0 Å². The largest absolute Gasteiger partial charge is 0.376 e. The smallest absolute Gasteiger partial charge is 0.187 e. The summed E-state index contributed by atoms with van der Waals surface area (Å²) in [6, 6.07) is 0. The quantitative estimate of drug-likeness (QED) is 0.565. The first-order valence-corrected chi connectivity index (χ1v) is 3.76. The highest BCUT2D eigenvalue weighted by Crippen LogP contribution is 2.15. The fourth-order valence-electron chi connectivity index (χ4n) is 1.06. The maximum Gasteiger partial charge on any atom is 0.187 e. The highest BCUT2D eigenvalue weighted by atomic mass is 27.0. The molecule has 0 fully saturated rings. The van der Waals surface area contributed by atoms with Crippen LogP contribution in [0.15, 0.2) is 0 Å². The molecule has 0 unspecified atom stereocenters. The molecule has 1 nitrogen and oxygen atoms in total. The van der Waals surface area contributed by atoms with Crippen molar-refractivity contribution >= 4 is 17.4 Å². The van der Waals surface area contributed by atoms with Crippen LogP contribution in [0.5, 0.6) is 0 Å². The third-order valence-corrected chi connectivity index (χ3v) is 1.39. The first kappa shape index (κ1) is 13.1. The first-order valence-electron chi connectivity index (χ1n) is 3.76. The average molecular weight is 160 g/mol. The Bertz CT molecular complexity index is 63.7. The minimum Gasteiger partial charge on any atom is -0.376 e. The van der Waals surface area contributed by atoms with Gasteiger partial charge in [0.2, 0.25) is 0 Å². The molecule has 0 saturated carbocycles. The van der Waals surface area contributed by atoms with Gasteiger partial charge in [0, 0.05) is 6.61 Å². The third kappa shape index (κ3) is 6.61. The number of ether oxygens (including phenoxy) is 1. The Morgan fingerprint density at radius 3 is 2.00 bits per heavy atom. The second-order valence-corrected chi connectivity index (χ2v) is 2.94. The normalized spacial score (nSPS) is 10.8. The molecule has 62 valence electrons. The van der Waals surface area contributed by atoms with Crippen LogP contribution >= 0.6 is 0 Å². The Balaban J connectivity index is 0. The van der Waals surface area contributed by atoms with Crippen molar-refractivity contribution in [2.75, 3.05) is 6.61 Å². The van der Waals surface area contributed by atoms with Crippen LogP contribution in [0, 0.1) is 0 Å². The third-order valence-electron chi connectivity index (χ3n) is 1.39. The van der Waals surface area contributed by atoms with E-state index in [0.29, 0.717) is 0 Å². The molecule has 0 rings (SSSR count). The van der Waals surface area contributed by atoms with E-state index >= 15 is 0 Å². The van der Waals surface area contributed by atoms with Gasteiger partial charge in [0.15, 0.2) is 17.4 Å². The summed E-state index contributed by atoms with van der Waals surface area (Å²) in [5, 5.41) is 0. The second kappa shape index (κ2) is 6.22. The molecular weight excluding hydrogens is 139 g/mol. The van der Waals surface area contributed by atoms with Crippen LogP contribution in [0.4, 0.5) is 0 Å². The van der Waals surface area contributed by atoms with Gasteiger partial charge >= 0.3 is 0 Å². The van der Waals surface area contributed by atoms with Crippen LogP contribution in [0.25, 0.3) is 0 Å². The first-order chi connectivity index (χ1) is 4.12. The predicted molar refractivity (Wildman–Crippen MR) is 50.6 cm³/mol. The molecule has 2 heteroatoms. The molecule has 0 spiro atoms. The zero-order chi connectivity index (χ0) is 7.33. The summed E-state index contributed by atoms with van der Waals surface area (Å²) in [6.07, 6.45) is 2.36. The van der Waals surface area contributed by atoms with Gasteiger partial charge in [-0.15, -0.1) is 0 Å². The molecule has 0 amide bonds. The van der Waals surface area contributed by atoms with Crippen LogP contribution in [-0.4, -0.2) is 29.6 Å². The van der Waals surface area contributed by atoms with Crippen molar-refractivity contribution in [2.45, 2.75) is 46.1 Å². The zero-order valence-electron chi connectivity index (χ0n) is 7.03. The van der Waals surface area contributed by atoms with Crippen molar-refractivity contribution in [3.8, 4) is 0 Å². The molecule has 0 radical (unpaired) electrons. The molecule has 0 heterocycles. The fraction of sp³-hybridized carbons (Fsp3) is 1.00. The van der Waals surface area contributed by atoms with Crippen molar-refractivity contribution in [1.29, 1.82) is 0 Å². The van der Waals surface area contributed by atoms with E-state index < -0.39 is 0 Å². The summed E-state index contributed by atoms with van der Waals surface area (Å²) in [4.78, 5) is 0. The topological polar surface area (TPSA) is 9.23 Å². The van der Waals surface area contributed by atoms with Gasteiger partial charge in [0.05, 0.1) is 5.60 Å². The van der Waals surface area contributed by atoms with Crippen LogP contribution in [0.3, 0.4) is 0 Å². The van der Waals surface area contributed by atoms with Gasteiger partial charge in [0.25, 0.3) is 0 Å². The van der Waals surface area contributed by atoms with E-state index in [1.165, 1.54) is 6.42 Å². The summed E-state index contributed by atoms with van der Waals surface area (Å²) in [7, 11) is 0. The standard InChI is InChI=1S/C8H18O.Al.3H/c1-5-7-8(3,4)9-6-2;;;;/h5-7H2,1-4H3;;;;. The molecule has 0 aromatic rings. The Kier molecular flexibility index (Phi) is 8.15. The van der Waals surface area contributed by atoms with Crippen molar-refractivity contribution in [1.82, 2.24) is 0 Å². The van der Waals surface area contributed by atoms with Crippen LogP contribution in [0.2, 0.25) is 0 Å². The molecule has 0 aliphatic carbocycles. The van der Waals surface area contributed by atoms with Gasteiger partial charge in [-0.25, -0.2) is 0 Å². The molecule has 0 N–H and O–H groups in total. The van der Waals surface area contributed by atoms with Crippen molar-refractivity contribution in [3.63, 3.8) is 0 Å². The maximum atomic E-state index is 5.47. The summed E-state index contributed by atoms with van der Waals surface area (Å²) >= 11 is 0. The van der Waals surface area contributed by atoms with E-state index in [0.717, 1.165) is 13.0 Å². The lowest BCUT2D eigenvalue weighted by Gasteiger charge is -2.23. The van der Waals surface area contributed by atoms with E-state index in [1.807, 2.05) is 6.92 Å².